The van der Waals surface area contributed by atoms with Crippen molar-refractivity contribution in [2.45, 2.75) is 55.0 Å². The maximum absolute atomic E-state index is 13.5. The van der Waals surface area contributed by atoms with Crippen LogP contribution in [0.2, 0.25) is 0 Å². The number of pyridine rings is 1. The summed E-state index contributed by atoms with van der Waals surface area (Å²) in [7, 11) is 0. The van der Waals surface area contributed by atoms with Gasteiger partial charge >= 0.3 is 0 Å². The Kier molecular flexibility index (Phi) is 6.40. The Morgan fingerprint density at radius 1 is 1.09 bits per heavy atom. The molecule has 0 spiro atoms. The fraction of sp³-hybridized carbons (Fsp3) is 0.280. The van der Waals surface area contributed by atoms with Crippen molar-refractivity contribution >= 4 is 57.7 Å². The molecule has 1 aliphatic heterocycles. The predicted molar refractivity (Wildman–Crippen MR) is 139 cm³/mol. The van der Waals surface area contributed by atoms with Gasteiger partial charge < -0.3 is 0 Å². The number of carbonyl (C=O) groups excluding carboxylic acids is 1. The van der Waals surface area contributed by atoms with E-state index in [1.807, 2.05) is 49.4 Å². The molecular formula is C25H23N3O2S3. The molecule has 1 saturated carbocycles. The third-order valence-corrected chi connectivity index (χ3v) is 8.39. The first-order valence-electron chi connectivity index (χ1n) is 11.0. The first-order chi connectivity index (χ1) is 16.0. The lowest BCUT2D eigenvalue weighted by atomic mass is 9.94. The van der Waals surface area contributed by atoms with E-state index in [0.717, 1.165) is 36.1 Å². The highest BCUT2D eigenvalue weighted by atomic mass is 32.2. The summed E-state index contributed by atoms with van der Waals surface area (Å²) in [5.41, 5.74) is 1.76. The number of thiocarbonyl (C=S) groups is 1. The lowest BCUT2D eigenvalue weighted by Crippen LogP contribution is -2.39. The molecule has 2 aliphatic rings. The number of amides is 1. The Morgan fingerprint density at radius 3 is 2.61 bits per heavy atom. The number of hydrogen-bond donors (Lipinski definition) is 0. The molecule has 2 aromatic heterocycles. The van der Waals surface area contributed by atoms with Gasteiger partial charge in [0.2, 0.25) is 0 Å². The van der Waals surface area contributed by atoms with E-state index in [2.05, 4.69) is 0 Å². The van der Waals surface area contributed by atoms with Gasteiger partial charge in [-0.3, -0.25) is 18.9 Å². The van der Waals surface area contributed by atoms with E-state index in [4.69, 9.17) is 17.2 Å². The summed E-state index contributed by atoms with van der Waals surface area (Å²) >= 11 is 8.30. The van der Waals surface area contributed by atoms with E-state index in [1.54, 1.807) is 21.6 Å². The molecule has 1 saturated heterocycles. The van der Waals surface area contributed by atoms with Crippen LogP contribution < -0.4 is 5.56 Å². The molecule has 1 aliphatic carbocycles. The molecule has 0 N–H and O–H groups in total. The monoisotopic (exact) mass is 493 g/mol. The summed E-state index contributed by atoms with van der Waals surface area (Å²) in [4.78, 5) is 35.0. The van der Waals surface area contributed by atoms with Gasteiger partial charge in [0, 0.05) is 17.1 Å². The van der Waals surface area contributed by atoms with Gasteiger partial charge in [-0.25, -0.2) is 4.98 Å². The van der Waals surface area contributed by atoms with Crippen molar-refractivity contribution in [2.24, 2.45) is 0 Å². The molecule has 168 valence electrons. The summed E-state index contributed by atoms with van der Waals surface area (Å²) in [5, 5.41) is 0.587. The van der Waals surface area contributed by atoms with Crippen molar-refractivity contribution in [1.82, 2.24) is 14.3 Å². The normalized spacial score (nSPS) is 18.6. The molecular weight excluding hydrogens is 470 g/mol. The zero-order chi connectivity index (χ0) is 22.9. The topological polar surface area (TPSA) is 54.7 Å². The zero-order valence-corrected chi connectivity index (χ0v) is 20.6. The van der Waals surface area contributed by atoms with Gasteiger partial charge in [0.05, 0.1) is 10.5 Å². The minimum atomic E-state index is -0.190. The van der Waals surface area contributed by atoms with Crippen LogP contribution in [0, 0.1) is 6.92 Å². The summed E-state index contributed by atoms with van der Waals surface area (Å²) in [6.45, 7) is 1.94. The van der Waals surface area contributed by atoms with Gasteiger partial charge in [-0.05, 0) is 49.6 Å². The molecule has 0 radical (unpaired) electrons. The van der Waals surface area contributed by atoms with E-state index in [9.17, 15) is 9.59 Å². The van der Waals surface area contributed by atoms with Gasteiger partial charge in [-0.15, -0.1) is 0 Å². The highest BCUT2D eigenvalue weighted by Gasteiger charge is 2.37. The number of carbonyl (C=O) groups is 1. The van der Waals surface area contributed by atoms with E-state index in [0.29, 0.717) is 25.5 Å². The molecule has 2 fully saturated rings. The van der Waals surface area contributed by atoms with Crippen LogP contribution >= 0.6 is 35.7 Å². The molecule has 3 heterocycles. The number of hydrogen-bond acceptors (Lipinski definition) is 6. The summed E-state index contributed by atoms with van der Waals surface area (Å²) in [6.07, 6.45) is 8.82. The molecule has 5 rings (SSSR count). The van der Waals surface area contributed by atoms with E-state index < -0.39 is 0 Å². The average molecular weight is 494 g/mol. The summed E-state index contributed by atoms with van der Waals surface area (Å²) in [5.74, 6) is -0.0960. The van der Waals surface area contributed by atoms with Crippen LogP contribution in [0.1, 0.15) is 43.2 Å². The van der Waals surface area contributed by atoms with E-state index in [-0.39, 0.29) is 17.5 Å². The lowest BCUT2D eigenvalue weighted by Gasteiger charge is -2.29. The molecule has 33 heavy (non-hydrogen) atoms. The fourth-order valence-corrected chi connectivity index (χ4v) is 6.65. The number of aromatic nitrogens is 2. The first kappa shape index (κ1) is 22.4. The SMILES string of the molecule is Cc1cccn2c(=O)c(C=C3SC(=S)N(C4CCCCC4)C3=O)c(Sc3ccccc3)nc12. The minimum absolute atomic E-state index is 0.0960. The lowest BCUT2D eigenvalue weighted by molar-refractivity contribution is -0.124. The van der Waals surface area contributed by atoms with Gasteiger partial charge in [-0.2, -0.15) is 0 Å². The van der Waals surface area contributed by atoms with Crippen molar-refractivity contribution in [2.75, 3.05) is 0 Å². The number of rotatable bonds is 4. The highest BCUT2D eigenvalue weighted by Crippen LogP contribution is 2.38. The second kappa shape index (κ2) is 9.44. The van der Waals surface area contributed by atoms with E-state index >= 15 is 0 Å². The van der Waals surface area contributed by atoms with Crippen molar-refractivity contribution in [3.8, 4) is 0 Å². The largest absolute Gasteiger partial charge is 0.290 e. The van der Waals surface area contributed by atoms with Gasteiger partial charge in [0.15, 0.2) is 0 Å². The van der Waals surface area contributed by atoms with Crippen molar-refractivity contribution in [3.63, 3.8) is 0 Å². The molecule has 8 heteroatoms. The van der Waals surface area contributed by atoms with Crippen molar-refractivity contribution < 1.29 is 4.79 Å². The van der Waals surface area contributed by atoms with Crippen LogP contribution in [0.15, 0.2) is 68.3 Å². The van der Waals surface area contributed by atoms with Crippen molar-refractivity contribution in [1.29, 1.82) is 0 Å². The second-order valence-electron chi connectivity index (χ2n) is 8.28. The summed E-state index contributed by atoms with van der Waals surface area (Å²) in [6, 6.07) is 13.8. The van der Waals surface area contributed by atoms with Crippen LogP contribution in [0.4, 0.5) is 0 Å². The van der Waals surface area contributed by atoms with Gasteiger partial charge in [0.1, 0.15) is 15.0 Å². The maximum Gasteiger partial charge on any atom is 0.266 e. The first-order valence-corrected chi connectivity index (χ1v) is 13.1. The number of aryl methyl sites for hydroxylation is 1. The smallest absolute Gasteiger partial charge is 0.266 e. The van der Waals surface area contributed by atoms with Gasteiger partial charge in [-0.1, -0.05) is 79.3 Å². The number of thioether (sulfide) groups is 1. The number of nitrogens with zero attached hydrogens (tertiary/aromatic N) is 3. The van der Waals surface area contributed by atoms with Crippen molar-refractivity contribution in [3.05, 3.63) is 75.0 Å². The predicted octanol–water partition coefficient (Wildman–Crippen LogP) is 5.69. The molecule has 1 amide bonds. The second-order valence-corrected chi connectivity index (χ2v) is 11.0. The van der Waals surface area contributed by atoms with Gasteiger partial charge in [0.25, 0.3) is 11.5 Å². The highest BCUT2D eigenvalue weighted by molar-refractivity contribution is 8.26. The molecule has 5 nitrogen and oxygen atoms in total. The Morgan fingerprint density at radius 2 is 1.85 bits per heavy atom. The Labute approximate surface area is 206 Å². The standard InChI is InChI=1S/C25H23N3O2S3/c1-16-9-8-14-27-21(16)26-22(32-18-12-6-3-7-13-18)19(23(27)29)15-20-24(30)28(25(31)33-20)17-10-4-2-5-11-17/h3,6-9,12-15,17H,2,4-5,10-11H2,1H3. The van der Waals surface area contributed by atoms with Crippen LogP contribution in [0.3, 0.4) is 0 Å². The maximum atomic E-state index is 13.5. The summed E-state index contributed by atoms with van der Waals surface area (Å²) < 4.78 is 2.14. The average Bonchev–Trinajstić information content (AvgIpc) is 3.11. The fourth-order valence-electron chi connectivity index (χ4n) is 4.36. The number of benzene rings is 1. The van der Waals surface area contributed by atoms with Crippen LogP contribution in [0.25, 0.3) is 11.7 Å². The molecule has 1 aromatic carbocycles. The molecule has 0 atom stereocenters. The zero-order valence-electron chi connectivity index (χ0n) is 18.2. The third-order valence-electron chi connectivity index (χ3n) is 6.05. The molecule has 0 bridgehead atoms. The van der Waals surface area contributed by atoms with Crippen LogP contribution in [0.5, 0.6) is 0 Å². The minimum Gasteiger partial charge on any atom is -0.290 e. The Balaban J connectivity index is 1.61. The number of fused-ring (bicyclic) bond motifs is 1. The molecule has 3 aromatic rings. The van der Waals surface area contributed by atoms with E-state index in [1.165, 1.54) is 29.9 Å². The van der Waals surface area contributed by atoms with Crippen LogP contribution in [-0.4, -0.2) is 30.6 Å². The van der Waals surface area contributed by atoms with Crippen LogP contribution in [-0.2, 0) is 4.79 Å². The quantitative estimate of drug-likeness (QED) is 0.264. The Bertz CT molecular complexity index is 1330. The molecule has 0 unspecified atom stereocenters. The Hall–Kier alpha value is -2.42. The third kappa shape index (κ3) is 4.39.